The lowest BCUT2D eigenvalue weighted by molar-refractivity contribution is -0.123. The molecule has 2 aromatic carbocycles. The van der Waals surface area contributed by atoms with Crippen LogP contribution >= 0.6 is 0 Å². The van der Waals surface area contributed by atoms with Crippen molar-refractivity contribution in [2.45, 2.75) is 19.1 Å². The smallest absolute Gasteiger partial charge is 0.405 e. The van der Waals surface area contributed by atoms with Crippen LogP contribution in [-0.4, -0.2) is 63.8 Å². The van der Waals surface area contributed by atoms with Crippen molar-refractivity contribution in [1.82, 2.24) is 15.5 Å². The number of ether oxygens (including phenoxy) is 2. The van der Waals surface area contributed by atoms with Crippen LogP contribution in [-0.2, 0) is 17.8 Å². The highest BCUT2D eigenvalue weighted by atomic mass is 19.4. The molecular weight excluding hydrogens is 439 g/mol. The highest BCUT2D eigenvalue weighted by Crippen LogP contribution is 2.27. The minimum Gasteiger partial charge on any atom is -0.493 e. The van der Waals surface area contributed by atoms with Crippen LogP contribution < -0.4 is 20.1 Å². The fraction of sp³-hybridized carbons (Fsp3) is 0.391. The Morgan fingerprint density at radius 3 is 2.18 bits per heavy atom. The van der Waals surface area contributed by atoms with Gasteiger partial charge < -0.3 is 20.1 Å². The molecule has 0 aliphatic rings. The van der Waals surface area contributed by atoms with E-state index in [1.54, 1.807) is 38.3 Å². The van der Waals surface area contributed by atoms with Gasteiger partial charge >= 0.3 is 6.18 Å². The number of halogens is 3. The Morgan fingerprint density at radius 2 is 1.58 bits per heavy atom. The van der Waals surface area contributed by atoms with Crippen molar-refractivity contribution in [1.29, 1.82) is 0 Å². The Labute approximate surface area is 190 Å². The lowest BCUT2D eigenvalue weighted by Gasteiger charge is -2.17. The van der Waals surface area contributed by atoms with Gasteiger partial charge in [-0.2, -0.15) is 13.2 Å². The van der Waals surface area contributed by atoms with Gasteiger partial charge in [-0.05, 0) is 48.9 Å². The maximum atomic E-state index is 12.2. The van der Waals surface area contributed by atoms with Crippen LogP contribution in [0.2, 0.25) is 0 Å². The van der Waals surface area contributed by atoms with Crippen LogP contribution in [0.15, 0.2) is 42.5 Å². The number of hydrogen-bond donors (Lipinski definition) is 2. The van der Waals surface area contributed by atoms with Crippen molar-refractivity contribution in [3.8, 4) is 11.5 Å². The zero-order chi connectivity index (χ0) is 24.4. The molecule has 0 saturated carbocycles. The van der Waals surface area contributed by atoms with Crippen LogP contribution in [0.4, 0.5) is 13.2 Å². The number of methoxy groups -OCH3 is 2. The third-order valence-electron chi connectivity index (χ3n) is 4.72. The number of benzene rings is 2. The molecule has 0 radical (unpaired) electrons. The summed E-state index contributed by atoms with van der Waals surface area (Å²) in [6.07, 6.45) is -3.83. The molecule has 7 nitrogen and oxygen atoms in total. The van der Waals surface area contributed by atoms with E-state index < -0.39 is 18.6 Å². The van der Waals surface area contributed by atoms with Crippen molar-refractivity contribution in [2.24, 2.45) is 0 Å². The number of alkyl halides is 3. The van der Waals surface area contributed by atoms with Crippen molar-refractivity contribution in [2.75, 3.05) is 40.9 Å². The Hall–Kier alpha value is -3.27. The molecule has 0 aliphatic carbocycles. The van der Waals surface area contributed by atoms with Gasteiger partial charge in [-0.25, -0.2) is 0 Å². The number of hydrogen-bond acceptors (Lipinski definition) is 5. The lowest BCUT2D eigenvalue weighted by Crippen LogP contribution is -2.35. The predicted molar refractivity (Wildman–Crippen MR) is 117 cm³/mol. The summed E-state index contributed by atoms with van der Waals surface area (Å²) in [4.78, 5) is 25.8. The van der Waals surface area contributed by atoms with Crippen LogP contribution in [0.5, 0.6) is 11.5 Å². The Bertz CT molecular complexity index is 934. The van der Waals surface area contributed by atoms with Crippen molar-refractivity contribution >= 4 is 11.8 Å². The van der Waals surface area contributed by atoms with Gasteiger partial charge in [0, 0.05) is 18.7 Å². The molecule has 2 amide bonds. The van der Waals surface area contributed by atoms with Gasteiger partial charge in [0.2, 0.25) is 5.91 Å². The summed E-state index contributed by atoms with van der Waals surface area (Å²) < 4.78 is 47.1. The minimum absolute atomic E-state index is 0.138. The number of nitrogens with one attached hydrogen (secondary N) is 2. The van der Waals surface area contributed by atoms with Crippen molar-refractivity contribution in [3.63, 3.8) is 0 Å². The van der Waals surface area contributed by atoms with E-state index in [0.717, 1.165) is 11.1 Å². The van der Waals surface area contributed by atoms with E-state index in [1.165, 1.54) is 12.1 Å². The largest absolute Gasteiger partial charge is 0.493 e. The summed E-state index contributed by atoms with van der Waals surface area (Å²) >= 11 is 0. The molecule has 2 N–H and O–H groups in total. The minimum atomic E-state index is -4.46. The van der Waals surface area contributed by atoms with Crippen molar-refractivity contribution < 1.29 is 32.2 Å². The quantitative estimate of drug-likeness (QED) is 0.531. The summed E-state index contributed by atoms with van der Waals surface area (Å²) in [6.45, 7) is -0.311. The average Bonchev–Trinajstić information content (AvgIpc) is 2.77. The van der Waals surface area contributed by atoms with E-state index >= 15 is 0 Å². The highest BCUT2D eigenvalue weighted by molar-refractivity contribution is 5.94. The second kappa shape index (κ2) is 12.1. The molecule has 2 rings (SSSR count). The van der Waals surface area contributed by atoms with Gasteiger partial charge in [-0.15, -0.1) is 0 Å². The molecule has 33 heavy (non-hydrogen) atoms. The second-order valence-corrected chi connectivity index (χ2v) is 7.46. The Balaban J connectivity index is 1.76. The van der Waals surface area contributed by atoms with E-state index in [4.69, 9.17) is 9.47 Å². The third-order valence-corrected chi connectivity index (χ3v) is 4.72. The first-order valence-electron chi connectivity index (χ1n) is 10.2. The zero-order valence-electron chi connectivity index (χ0n) is 18.8. The van der Waals surface area contributed by atoms with E-state index in [0.29, 0.717) is 31.0 Å². The van der Waals surface area contributed by atoms with Crippen LogP contribution in [0, 0.1) is 0 Å². The molecule has 180 valence electrons. The molecule has 0 spiro atoms. The number of likely N-dealkylation sites (N-methyl/N-ethyl adjacent to an activating group) is 1. The fourth-order valence-electron chi connectivity index (χ4n) is 3.10. The molecule has 0 bridgehead atoms. The van der Waals surface area contributed by atoms with Gasteiger partial charge in [0.15, 0.2) is 11.5 Å². The van der Waals surface area contributed by atoms with Gasteiger partial charge in [0.25, 0.3) is 5.91 Å². The van der Waals surface area contributed by atoms with Gasteiger partial charge in [-0.1, -0.05) is 18.2 Å². The van der Waals surface area contributed by atoms with E-state index in [-0.39, 0.29) is 18.0 Å². The summed E-state index contributed by atoms with van der Waals surface area (Å²) in [5.41, 5.74) is 1.96. The van der Waals surface area contributed by atoms with E-state index in [9.17, 15) is 22.8 Å². The SMILES string of the molecule is COc1ccc(CCNC(=O)CN(C)Cc2ccc(C(=O)NCC(F)(F)F)cc2)cc1OC. The highest BCUT2D eigenvalue weighted by Gasteiger charge is 2.27. The molecule has 0 saturated heterocycles. The molecule has 0 aliphatic heterocycles. The van der Waals surface area contributed by atoms with Crippen LogP contribution in [0.25, 0.3) is 0 Å². The normalized spacial score (nSPS) is 11.2. The van der Waals surface area contributed by atoms with Gasteiger partial charge in [0.1, 0.15) is 6.54 Å². The fourth-order valence-corrected chi connectivity index (χ4v) is 3.10. The number of rotatable bonds is 11. The topological polar surface area (TPSA) is 79.9 Å². The number of carbonyl (C=O) groups excluding carboxylic acids is 2. The number of carbonyl (C=O) groups is 2. The molecule has 2 aromatic rings. The first kappa shape index (κ1) is 26.0. The maximum absolute atomic E-state index is 12.2. The molecule has 0 heterocycles. The molecule has 0 atom stereocenters. The molecule has 0 aromatic heterocycles. The standard InChI is InChI=1S/C23H28F3N3O4/c1-29(13-17-4-7-18(8-5-17)22(31)28-15-23(24,25)26)14-21(30)27-11-10-16-6-9-19(32-2)20(12-16)33-3/h4-9,12H,10-11,13-15H2,1-3H3,(H,27,30)(H,28,31). The van der Waals surface area contributed by atoms with Gasteiger partial charge in [-0.3, -0.25) is 14.5 Å². The molecule has 10 heteroatoms. The number of nitrogens with zero attached hydrogens (tertiary/aromatic N) is 1. The second-order valence-electron chi connectivity index (χ2n) is 7.46. The van der Waals surface area contributed by atoms with Crippen molar-refractivity contribution in [3.05, 3.63) is 59.2 Å². The summed E-state index contributed by atoms with van der Waals surface area (Å²) in [5.74, 6) is 0.342. The molecule has 0 unspecified atom stereocenters. The summed E-state index contributed by atoms with van der Waals surface area (Å²) in [7, 11) is 4.91. The summed E-state index contributed by atoms with van der Waals surface area (Å²) in [6, 6.07) is 11.8. The predicted octanol–water partition coefficient (Wildman–Crippen LogP) is 2.79. The first-order chi connectivity index (χ1) is 15.6. The van der Waals surface area contributed by atoms with Crippen LogP contribution in [0.3, 0.4) is 0 Å². The van der Waals surface area contributed by atoms with Gasteiger partial charge in [0.05, 0.1) is 20.8 Å². The summed E-state index contributed by atoms with van der Waals surface area (Å²) in [5, 5.41) is 4.69. The average molecular weight is 467 g/mol. The van der Waals surface area contributed by atoms with E-state index in [1.807, 2.05) is 23.5 Å². The molecular formula is C23H28F3N3O4. The van der Waals surface area contributed by atoms with E-state index in [2.05, 4.69) is 5.32 Å². The number of amides is 2. The maximum Gasteiger partial charge on any atom is 0.405 e. The third kappa shape index (κ3) is 9.01. The Kier molecular flexibility index (Phi) is 9.53. The molecule has 0 fully saturated rings. The Morgan fingerprint density at radius 1 is 0.939 bits per heavy atom. The lowest BCUT2D eigenvalue weighted by atomic mass is 10.1. The zero-order valence-corrected chi connectivity index (χ0v) is 18.8. The van der Waals surface area contributed by atoms with Crippen LogP contribution in [0.1, 0.15) is 21.5 Å². The monoisotopic (exact) mass is 467 g/mol. The first-order valence-corrected chi connectivity index (χ1v) is 10.2.